The van der Waals surface area contributed by atoms with Gasteiger partial charge >= 0.3 is 6.18 Å². The third kappa shape index (κ3) is 2.21. The average molecular weight is 283 g/mol. The van der Waals surface area contributed by atoms with E-state index in [0.717, 1.165) is 0 Å². The highest BCUT2D eigenvalue weighted by atomic mass is 19.4. The molecule has 0 saturated carbocycles. The van der Waals surface area contributed by atoms with Crippen LogP contribution in [-0.4, -0.2) is 24.1 Å². The molecule has 2 aromatic rings. The van der Waals surface area contributed by atoms with Crippen LogP contribution in [0.4, 0.5) is 13.2 Å². The standard InChI is InChI=1S/C14H12F3NO2/c1-7-9-5-4-6-10(20-3)12(9)18-8(2)11(7)13(19)14(15,16)17/h4-6H,1-3H3. The third-order valence-electron chi connectivity index (χ3n) is 3.12. The summed E-state index contributed by atoms with van der Waals surface area (Å²) in [4.78, 5) is 15.6. The van der Waals surface area contributed by atoms with Gasteiger partial charge in [0.15, 0.2) is 0 Å². The number of carbonyl (C=O) groups is 1. The number of aromatic nitrogens is 1. The van der Waals surface area contributed by atoms with E-state index in [-0.39, 0.29) is 11.3 Å². The van der Waals surface area contributed by atoms with Crippen LogP contribution in [0.25, 0.3) is 10.9 Å². The zero-order chi connectivity index (χ0) is 15.1. The van der Waals surface area contributed by atoms with Gasteiger partial charge in [0, 0.05) is 11.1 Å². The van der Waals surface area contributed by atoms with Crippen molar-refractivity contribution < 1.29 is 22.7 Å². The van der Waals surface area contributed by atoms with Crippen molar-refractivity contribution in [1.82, 2.24) is 4.98 Å². The van der Waals surface area contributed by atoms with E-state index in [1.165, 1.54) is 21.0 Å². The van der Waals surface area contributed by atoms with Crippen LogP contribution in [-0.2, 0) is 0 Å². The highest BCUT2D eigenvalue weighted by Gasteiger charge is 2.41. The number of pyridine rings is 1. The first-order valence-corrected chi connectivity index (χ1v) is 5.82. The lowest BCUT2D eigenvalue weighted by Gasteiger charge is -2.14. The first-order chi connectivity index (χ1) is 9.27. The zero-order valence-electron chi connectivity index (χ0n) is 11.1. The second kappa shape index (κ2) is 4.77. The zero-order valence-corrected chi connectivity index (χ0v) is 11.1. The number of hydrogen-bond donors (Lipinski definition) is 0. The number of ether oxygens (including phenoxy) is 1. The van der Waals surface area contributed by atoms with Crippen LogP contribution in [0, 0.1) is 13.8 Å². The van der Waals surface area contributed by atoms with Crippen molar-refractivity contribution in [3.63, 3.8) is 0 Å². The van der Waals surface area contributed by atoms with Gasteiger partial charge in [-0.2, -0.15) is 13.2 Å². The molecule has 0 radical (unpaired) electrons. The van der Waals surface area contributed by atoms with Crippen LogP contribution >= 0.6 is 0 Å². The number of Topliss-reactive ketones (excluding diaryl/α,β-unsaturated/α-hetero) is 1. The van der Waals surface area contributed by atoms with E-state index in [0.29, 0.717) is 16.7 Å². The van der Waals surface area contributed by atoms with Gasteiger partial charge < -0.3 is 4.74 Å². The summed E-state index contributed by atoms with van der Waals surface area (Å²) < 4.78 is 43.1. The monoisotopic (exact) mass is 283 g/mol. The number of alkyl halides is 3. The molecule has 0 saturated heterocycles. The predicted octanol–water partition coefficient (Wildman–Crippen LogP) is 3.61. The summed E-state index contributed by atoms with van der Waals surface area (Å²) in [6, 6.07) is 4.93. The molecule has 0 spiro atoms. The Balaban J connectivity index is 2.80. The van der Waals surface area contributed by atoms with Crippen molar-refractivity contribution in [1.29, 1.82) is 0 Å². The molecule has 0 unspecified atom stereocenters. The summed E-state index contributed by atoms with van der Waals surface area (Å²) in [5, 5.41) is 0.475. The molecular formula is C14H12F3NO2. The van der Waals surface area contributed by atoms with Crippen LogP contribution in [0.3, 0.4) is 0 Å². The Morgan fingerprint density at radius 3 is 2.45 bits per heavy atom. The Morgan fingerprint density at radius 2 is 1.90 bits per heavy atom. The molecule has 1 aromatic carbocycles. The van der Waals surface area contributed by atoms with Crippen LogP contribution in [0.1, 0.15) is 21.6 Å². The normalized spacial score (nSPS) is 11.7. The van der Waals surface area contributed by atoms with Gasteiger partial charge in [0.05, 0.1) is 12.7 Å². The third-order valence-corrected chi connectivity index (χ3v) is 3.12. The van der Waals surface area contributed by atoms with E-state index in [1.807, 2.05) is 0 Å². The molecule has 0 aliphatic heterocycles. The molecule has 0 amide bonds. The Labute approximate surface area is 113 Å². The van der Waals surface area contributed by atoms with Crippen molar-refractivity contribution in [2.45, 2.75) is 20.0 Å². The Kier molecular flexibility index (Phi) is 3.41. The summed E-state index contributed by atoms with van der Waals surface area (Å²) in [7, 11) is 1.45. The number of halogens is 3. The molecule has 2 rings (SSSR count). The van der Waals surface area contributed by atoms with Crippen molar-refractivity contribution in [3.8, 4) is 5.75 Å². The van der Waals surface area contributed by atoms with Gasteiger partial charge in [-0.1, -0.05) is 12.1 Å². The van der Waals surface area contributed by atoms with Gasteiger partial charge in [0.1, 0.15) is 11.3 Å². The van der Waals surface area contributed by atoms with Crippen LogP contribution in [0.15, 0.2) is 18.2 Å². The first-order valence-electron chi connectivity index (χ1n) is 5.82. The number of methoxy groups -OCH3 is 1. The summed E-state index contributed by atoms with van der Waals surface area (Å²) >= 11 is 0. The van der Waals surface area contributed by atoms with E-state index in [9.17, 15) is 18.0 Å². The molecule has 3 nitrogen and oxygen atoms in total. The maximum atomic E-state index is 12.6. The van der Waals surface area contributed by atoms with Gasteiger partial charge in [-0.25, -0.2) is 4.98 Å². The van der Waals surface area contributed by atoms with Crippen molar-refractivity contribution >= 4 is 16.7 Å². The predicted molar refractivity (Wildman–Crippen MR) is 68.2 cm³/mol. The van der Waals surface area contributed by atoms with Crippen molar-refractivity contribution in [2.24, 2.45) is 0 Å². The lowest BCUT2D eigenvalue weighted by Crippen LogP contribution is -2.25. The van der Waals surface area contributed by atoms with E-state index in [4.69, 9.17) is 4.74 Å². The Bertz CT molecular complexity index is 693. The van der Waals surface area contributed by atoms with E-state index in [2.05, 4.69) is 4.98 Å². The lowest BCUT2D eigenvalue weighted by atomic mass is 9.98. The molecule has 20 heavy (non-hydrogen) atoms. The Morgan fingerprint density at radius 1 is 1.25 bits per heavy atom. The molecule has 0 fully saturated rings. The minimum absolute atomic E-state index is 0.0434. The fraction of sp³-hybridized carbons (Fsp3) is 0.286. The quantitative estimate of drug-likeness (QED) is 0.790. The van der Waals surface area contributed by atoms with E-state index < -0.39 is 17.5 Å². The van der Waals surface area contributed by atoms with Gasteiger partial charge in [-0.15, -0.1) is 0 Å². The van der Waals surface area contributed by atoms with Crippen LogP contribution < -0.4 is 4.74 Å². The average Bonchev–Trinajstić information content (AvgIpc) is 2.37. The number of nitrogens with zero attached hydrogens (tertiary/aromatic N) is 1. The molecule has 0 N–H and O–H groups in total. The minimum atomic E-state index is -4.91. The van der Waals surface area contributed by atoms with Gasteiger partial charge in [0.25, 0.3) is 5.78 Å². The number of benzene rings is 1. The summed E-state index contributed by atoms with van der Waals surface area (Å²) in [5.74, 6) is -1.41. The van der Waals surface area contributed by atoms with Gasteiger partial charge in [0.2, 0.25) is 0 Å². The van der Waals surface area contributed by atoms with E-state index >= 15 is 0 Å². The van der Waals surface area contributed by atoms with Crippen LogP contribution in [0.5, 0.6) is 5.75 Å². The van der Waals surface area contributed by atoms with E-state index in [1.54, 1.807) is 18.2 Å². The second-order valence-corrected chi connectivity index (χ2v) is 4.38. The summed E-state index contributed by atoms with van der Waals surface area (Å²) in [6.45, 7) is 2.87. The molecule has 1 aromatic heterocycles. The number of para-hydroxylation sites is 1. The smallest absolute Gasteiger partial charge is 0.454 e. The van der Waals surface area contributed by atoms with Gasteiger partial charge in [-0.3, -0.25) is 4.79 Å². The number of hydrogen-bond acceptors (Lipinski definition) is 3. The fourth-order valence-electron chi connectivity index (χ4n) is 2.21. The summed E-state index contributed by atoms with van der Waals surface area (Å²) in [5.41, 5.74) is 0.359. The maximum Gasteiger partial charge on any atom is 0.454 e. The van der Waals surface area contributed by atoms with Crippen molar-refractivity contribution in [3.05, 3.63) is 35.0 Å². The minimum Gasteiger partial charge on any atom is -0.494 e. The number of carbonyl (C=O) groups excluding carboxylic acids is 1. The molecule has 0 aliphatic carbocycles. The maximum absolute atomic E-state index is 12.6. The molecule has 0 aliphatic rings. The molecule has 0 bridgehead atoms. The molecule has 0 atom stereocenters. The SMILES string of the molecule is COc1cccc2c(C)c(C(=O)C(F)(F)F)c(C)nc12. The number of rotatable bonds is 2. The lowest BCUT2D eigenvalue weighted by molar-refractivity contribution is -0.0886. The highest BCUT2D eigenvalue weighted by Crippen LogP contribution is 2.32. The van der Waals surface area contributed by atoms with Crippen LogP contribution in [0.2, 0.25) is 0 Å². The second-order valence-electron chi connectivity index (χ2n) is 4.38. The topological polar surface area (TPSA) is 39.2 Å². The first kappa shape index (κ1) is 14.3. The molecule has 1 heterocycles. The van der Waals surface area contributed by atoms with Crippen molar-refractivity contribution in [2.75, 3.05) is 7.11 Å². The number of aryl methyl sites for hydroxylation is 2. The fourth-order valence-corrected chi connectivity index (χ4v) is 2.21. The van der Waals surface area contributed by atoms with Gasteiger partial charge in [-0.05, 0) is 25.5 Å². The molecule has 106 valence electrons. The molecule has 6 heteroatoms. The Hall–Kier alpha value is -2.11. The largest absolute Gasteiger partial charge is 0.494 e. The highest BCUT2D eigenvalue weighted by molar-refractivity contribution is 6.06. The number of ketones is 1. The number of fused-ring (bicyclic) bond motifs is 1. The molecular weight excluding hydrogens is 271 g/mol. The summed E-state index contributed by atoms with van der Waals surface area (Å²) in [6.07, 6.45) is -4.91.